The number of nitrogens with one attached hydrogen (secondary N) is 1. The van der Waals surface area contributed by atoms with Gasteiger partial charge in [-0.2, -0.15) is 0 Å². The van der Waals surface area contributed by atoms with Crippen LogP contribution in [0.1, 0.15) is 17.3 Å². The molecule has 1 N–H and O–H groups in total. The van der Waals surface area contributed by atoms with E-state index in [1.54, 1.807) is 0 Å². The van der Waals surface area contributed by atoms with Gasteiger partial charge in [0.2, 0.25) is 0 Å². The lowest BCUT2D eigenvalue weighted by atomic mass is 10.1. The minimum atomic E-state index is -0.530. The zero-order valence-corrected chi connectivity index (χ0v) is 16.3. The highest BCUT2D eigenvalue weighted by Gasteiger charge is 2.09. The number of hydrogen-bond acceptors (Lipinski definition) is 6. The predicted molar refractivity (Wildman–Crippen MR) is 111 cm³/mol. The SMILES string of the molecule is CCOc1ccc(-c2cc(=O)n(CCNC(=O)c3ccc([N+](=O)[O-])cc3)cn2)cc1. The number of nitrogens with zero attached hydrogens (tertiary/aromatic N) is 3. The molecule has 0 atom stereocenters. The third-order valence-corrected chi connectivity index (χ3v) is 4.32. The molecule has 9 heteroatoms. The summed E-state index contributed by atoms with van der Waals surface area (Å²) in [6.45, 7) is 2.94. The molecule has 1 amide bonds. The summed E-state index contributed by atoms with van der Waals surface area (Å²) < 4.78 is 6.80. The van der Waals surface area contributed by atoms with Crippen LogP contribution >= 0.6 is 0 Å². The number of nitro benzene ring substituents is 1. The standard InChI is InChI=1S/C21H20N4O5/c1-2-30-18-9-5-15(6-10-18)19-13-20(26)24(14-23-19)12-11-22-21(27)16-3-7-17(8-4-16)25(28)29/h3-10,13-14H,2,11-12H2,1H3,(H,22,27). The molecule has 1 aromatic heterocycles. The average molecular weight is 408 g/mol. The van der Waals surface area contributed by atoms with Crippen molar-refractivity contribution in [1.29, 1.82) is 0 Å². The Bertz CT molecular complexity index is 1090. The van der Waals surface area contributed by atoms with Crippen LogP contribution < -0.4 is 15.6 Å². The Hall–Kier alpha value is -4.01. The predicted octanol–water partition coefficient (Wildman–Crippen LogP) is 2.65. The Morgan fingerprint density at radius 1 is 1.17 bits per heavy atom. The molecule has 0 bridgehead atoms. The van der Waals surface area contributed by atoms with E-state index in [4.69, 9.17) is 4.74 Å². The molecule has 0 saturated heterocycles. The first-order valence-electron chi connectivity index (χ1n) is 9.30. The number of benzene rings is 2. The highest BCUT2D eigenvalue weighted by molar-refractivity contribution is 5.94. The summed E-state index contributed by atoms with van der Waals surface area (Å²) in [7, 11) is 0. The van der Waals surface area contributed by atoms with Crippen molar-refractivity contribution in [2.45, 2.75) is 13.5 Å². The van der Waals surface area contributed by atoms with Crippen LogP contribution in [0.3, 0.4) is 0 Å². The summed E-state index contributed by atoms with van der Waals surface area (Å²) in [6.07, 6.45) is 1.44. The van der Waals surface area contributed by atoms with Crippen LogP contribution in [0, 0.1) is 10.1 Å². The Morgan fingerprint density at radius 3 is 2.47 bits per heavy atom. The molecule has 0 aliphatic rings. The third-order valence-electron chi connectivity index (χ3n) is 4.32. The molecule has 0 aliphatic carbocycles. The van der Waals surface area contributed by atoms with Gasteiger partial charge in [0.15, 0.2) is 0 Å². The van der Waals surface area contributed by atoms with Gasteiger partial charge < -0.3 is 10.1 Å². The Morgan fingerprint density at radius 2 is 1.87 bits per heavy atom. The molecule has 0 fully saturated rings. The van der Waals surface area contributed by atoms with Crippen LogP contribution in [0.5, 0.6) is 5.75 Å². The molecule has 154 valence electrons. The van der Waals surface area contributed by atoms with Gasteiger partial charge in [0, 0.05) is 42.4 Å². The summed E-state index contributed by atoms with van der Waals surface area (Å²) in [4.78, 5) is 38.9. The second kappa shape index (κ2) is 9.46. The van der Waals surface area contributed by atoms with Gasteiger partial charge >= 0.3 is 0 Å². The van der Waals surface area contributed by atoms with E-state index < -0.39 is 4.92 Å². The molecule has 0 aliphatic heterocycles. The molecular formula is C21H20N4O5. The van der Waals surface area contributed by atoms with Crippen LogP contribution in [-0.2, 0) is 6.54 Å². The number of carbonyl (C=O) groups is 1. The second-order valence-electron chi connectivity index (χ2n) is 6.32. The highest BCUT2D eigenvalue weighted by Crippen LogP contribution is 2.19. The number of rotatable bonds is 8. The van der Waals surface area contributed by atoms with E-state index in [2.05, 4.69) is 10.3 Å². The first-order chi connectivity index (χ1) is 14.5. The summed E-state index contributed by atoms with van der Waals surface area (Å²) in [5.74, 6) is 0.371. The maximum atomic E-state index is 12.4. The molecule has 9 nitrogen and oxygen atoms in total. The molecule has 0 unspecified atom stereocenters. The number of non-ortho nitro benzene ring substituents is 1. The van der Waals surface area contributed by atoms with Crippen molar-refractivity contribution in [1.82, 2.24) is 14.9 Å². The van der Waals surface area contributed by atoms with E-state index >= 15 is 0 Å². The van der Waals surface area contributed by atoms with Crippen LogP contribution in [0.25, 0.3) is 11.3 Å². The Kier molecular flexibility index (Phi) is 6.53. The van der Waals surface area contributed by atoms with Crippen LogP contribution in [0.15, 0.2) is 65.7 Å². The first-order valence-corrected chi connectivity index (χ1v) is 9.30. The first kappa shape index (κ1) is 20.7. The number of hydrogen-bond donors (Lipinski definition) is 1. The Labute approximate surface area is 172 Å². The zero-order valence-electron chi connectivity index (χ0n) is 16.3. The quantitative estimate of drug-likeness (QED) is 0.452. The minimum Gasteiger partial charge on any atom is -0.494 e. The number of aromatic nitrogens is 2. The largest absolute Gasteiger partial charge is 0.494 e. The second-order valence-corrected chi connectivity index (χ2v) is 6.32. The van der Waals surface area contributed by atoms with Crippen molar-refractivity contribution in [2.75, 3.05) is 13.2 Å². The lowest BCUT2D eigenvalue weighted by molar-refractivity contribution is -0.384. The van der Waals surface area contributed by atoms with E-state index in [0.717, 1.165) is 11.3 Å². The summed E-state index contributed by atoms with van der Waals surface area (Å²) >= 11 is 0. The Balaban J connectivity index is 1.58. The average Bonchev–Trinajstić information content (AvgIpc) is 2.75. The summed E-state index contributed by atoms with van der Waals surface area (Å²) in [5.41, 5.74) is 1.33. The maximum Gasteiger partial charge on any atom is 0.269 e. The van der Waals surface area contributed by atoms with Crippen molar-refractivity contribution in [2.24, 2.45) is 0 Å². The van der Waals surface area contributed by atoms with Crippen LogP contribution in [0.4, 0.5) is 5.69 Å². The smallest absolute Gasteiger partial charge is 0.269 e. The van der Waals surface area contributed by atoms with Crippen molar-refractivity contribution < 1.29 is 14.5 Å². The number of nitro groups is 1. The van der Waals surface area contributed by atoms with Gasteiger partial charge in [-0.15, -0.1) is 0 Å². The van der Waals surface area contributed by atoms with E-state index in [0.29, 0.717) is 17.9 Å². The number of carbonyl (C=O) groups excluding carboxylic acids is 1. The van der Waals surface area contributed by atoms with Crippen molar-refractivity contribution in [3.8, 4) is 17.0 Å². The number of amides is 1. The molecule has 3 rings (SSSR count). The normalized spacial score (nSPS) is 10.4. The molecule has 2 aromatic carbocycles. The lowest BCUT2D eigenvalue weighted by Gasteiger charge is -2.09. The maximum absolute atomic E-state index is 12.4. The summed E-state index contributed by atoms with van der Waals surface area (Å²) in [6, 6.07) is 14.0. The molecular weight excluding hydrogens is 388 g/mol. The summed E-state index contributed by atoms with van der Waals surface area (Å²) in [5, 5.41) is 13.3. The van der Waals surface area contributed by atoms with Gasteiger partial charge in [-0.25, -0.2) is 4.98 Å². The van der Waals surface area contributed by atoms with E-state index in [1.807, 2.05) is 31.2 Å². The molecule has 0 radical (unpaired) electrons. The van der Waals surface area contributed by atoms with Gasteiger partial charge in [0.1, 0.15) is 5.75 Å². The molecule has 0 saturated carbocycles. The zero-order chi connectivity index (χ0) is 21.5. The third kappa shape index (κ3) is 5.07. The van der Waals surface area contributed by atoms with Crippen molar-refractivity contribution in [3.05, 3.63) is 87.0 Å². The topological polar surface area (TPSA) is 116 Å². The lowest BCUT2D eigenvalue weighted by Crippen LogP contribution is -2.30. The van der Waals surface area contributed by atoms with Crippen molar-refractivity contribution >= 4 is 11.6 Å². The van der Waals surface area contributed by atoms with Crippen LogP contribution in [-0.4, -0.2) is 33.5 Å². The van der Waals surface area contributed by atoms with Crippen molar-refractivity contribution in [3.63, 3.8) is 0 Å². The molecule has 30 heavy (non-hydrogen) atoms. The van der Waals surface area contributed by atoms with E-state index in [-0.39, 0.29) is 30.2 Å². The van der Waals surface area contributed by atoms with Gasteiger partial charge in [-0.05, 0) is 43.3 Å². The van der Waals surface area contributed by atoms with Gasteiger partial charge in [0.25, 0.3) is 17.2 Å². The fourth-order valence-corrected chi connectivity index (χ4v) is 2.77. The minimum absolute atomic E-state index is 0.0863. The molecule has 0 spiro atoms. The van der Waals surface area contributed by atoms with Gasteiger partial charge in [-0.3, -0.25) is 24.3 Å². The van der Waals surface area contributed by atoms with Gasteiger partial charge in [0.05, 0.1) is 23.6 Å². The highest BCUT2D eigenvalue weighted by atomic mass is 16.6. The van der Waals surface area contributed by atoms with E-state index in [1.165, 1.54) is 41.2 Å². The number of ether oxygens (including phenoxy) is 1. The van der Waals surface area contributed by atoms with Crippen LogP contribution in [0.2, 0.25) is 0 Å². The van der Waals surface area contributed by atoms with Gasteiger partial charge in [-0.1, -0.05) is 0 Å². The monoisotopic (exact) mass is 408 g/mol. The fraction of sp³-hybridized carbons (Fsp3) is 0.190. The van der Waals surface area contributed by atoms with E-state index in [9.17, 15) is 19.7 Å². The fourth-order valence-electron chi connectivity index (χ4n) is 2.77. The molecule has 3 aromatic rings. The molecule has 1 heterocycles.